The molecule has 0 aliphatic carbocycles. The number of benzene rings is 1. The molecule has 0 bridgehead atoms. The normalized spacial score (nSPS) is 10.3. The standard InChI is InChI=1S/C21H20N4O2/c1-14-8-9-15(2)19(11-14)25-21(27)18-7-3-6-17(24-18)20(26)23-13-16-5-4-10-22-12-16/h3-12H,13H2,1-2H3,(H,23,26)(H,25,27). The highest BCUT2D eigenvalue weighted by Gasteiger charge is 2.13. The SMILES string of the molecule is Cc1ccc(C)c(NC(=O)c2cccc(C(=O)NCc3cccnc3)n2)c1. The van der Waals surface area contributed by atoms with E-state index in [1.54, 1.807) is 36.7 Å². The minimum atomic E-state index is -0.356. The third-order valence-electron chi connectivity index (χ3n) is 4.03. The number of carbonyl (C=O) groups excluding carboxylic acids is 2. The Bertz CT molecular complexity index is 971. The summed E-state index contributed by atoms with van der Waals surface area (Å²) in [4.78, 5) is 33.0. The lowest BCUT2D eigenvalue weighted by atomic mass is 10.1. The van der Waals surface area contributed by atoms with Crippen molar-refractivity contribution in [3.05, 3.63) is 89.0 Å². The van der Waals surface area contributed by atoms with E-state index in [9.17, 15) is 9.59 Å². The third-order valence-corrected chi connectivity index (χ3v) is 4.03. The van der Waals surface area contributed by atoms with Crippen LogP contribution in [0.2, 0.25) is 0 Å². The molecule has 0 saturated heterocycles. The zero-order valence-electron chi connectivity index (χ0n) is 15.2. The quantitative estimate of drug-likeness (QED) is 0.731. The number of hydrogen-bond donors (Lipinski definition) is 2. The molecule has 0 saturated carbocycles. The molecule has 6 nitrogen and oxygen atoms in total. The molecule has 3 aromatic rings. The lowest BCUT2D eigenvalue weighted by Crippen LogP contribution is -2.25. The van der Waals surface area contributed by atoms with Gasteiger partial charge >= 0.3 is 0 Å². The molecule has 0 unspecified atom stereocenters. The van der Waals surface area contributed by atoms with Gasteiger partial charge in [-0.05, 0) is 54.8 Å². The molecule has 2 amide bonds. The van der Waals surface area contributed by atoms with E-state index < -0.39 is 0 Å². The van der Waals surface area contributed by atoms with Gasteiger partial charge in [0, 0.05) is 24.6 Å². The highest BCUT2D eigenvalue weighted by Crippen LogP contribution is 2.17. The Labute approximate surface area is 157 Å². The fourth-order valence-electron chi connectivity index (χ4n) is 2.52. The van der Waals surface area contributed by atoms with Gasteiger partial charge in [-0.15, -0.1) is 0 Å². The number of aryl methyl sites for hydroxylation is 2. The van der Waals surface area contributed by atoms with Crippen molar-refractivity contribution in [2.24, 2.45) is 0 Å². The summed E-state index contributed by atoms with van der Waals surface area (Å²) >= 11 is 0. The summed E-state index contributed by atoms with van der Waals surface area (Å²) in [5.41, 5.74) is 3.99. The van der Waals surface area contributed by atoms with E-state index in [-0.39, 0.29) is 23.2 Å². The Morgan fingerprint density at radius 3 is 2.48 bits per heavy atom. The molecule has 27 heavy (non-hydrogen) atoms. The molecule has 1 aromatic carbocycles. The minimum Gasteiger partial charge on any atom is -0.347 e. The summed E-state index contributed by atoms with van der Waals surface area (Å²) in [7, 11) is 0. The Hall–Kier alpha value is -3.54. The summed E-state index contributed by atoms with van der Waals surface area (Å²) in [5.74, 6) is -0.703. The molecule has 2 N–H and O–H groups in total. The van der Waals surface area contributed by atoms with Crippen LogP contribution in [0.25, 0.3) is 0 Å². The molecule has 0 fully saturated rings. The zero-order valence-corrected chi connectivity index (χ0v) is 15.2. The molecule has 3 rings (SSSR count). The fourth-order valence-corrected chi connectivity index (χ4v) is 2.52. The number of rotatable bonds is 5. The summed E-state index contributed by atoms with van der Waals surface area (Å²) in [6.07, 6.45) is 3.35. The molecule has 136 valence electrons. The van der Waals surface area contributed by atoms with Crippen molar-refractivity contribution in [1.29, 1.82) is 0 Å². The Kier molecular flexibility index (Phi) is 5.56. The van der Waals surface area contributed by atoms with Crippen LogP contribution >= 0.6 is 0 Å². The molecular formula is C21H20N4O2. The fraction of sp³-hybridized carbons (Fsp3) is 0.143. The molecule has 0 spiro atoms. The minimum absolute atomic E-state index is 0.185. The zero-order chi connectivity index (χ0) is 19.2. The van der Waals surface area contributed by atoms with Crippen LogP contribution in [0, 0.1) is 13.8 Å². The summed E-state index contributed by atoms with van der Waals surface area (Å²) in [6.45, 7) is 4.22. The monoisotopic (exact) mass is 360 g/mol. The number of nitrogens with zero attached hydrogens (tertiary/aromatic N) is 2. The van der Waals surface area contributed by atoms with Gasteiger partial charge in [-0.1, -0.05) is 24.3 Å². The van der Waals surface area contributed by atoms with Crippen LogP contribution in [0.1, 0.15) is 37.7 Å². The van der Waals surface area contributed by atoms with Crippen molar-refractivity contribution < 1.29 is 9.59 Å². The molecule has 6 heteroatoms. The van der Waals surface area contributed by atoms with Crippen molar-refractivity contribution >= 4 is 17.5 Å². The highest BCUT2D eigenvalue weighted by atomic mass is 16.2. The van der Waals surface area contributed by atoms with Crippen molar-refractivity contribution in [3.8, 4) is 0 Å². The molecule has 0 radical (unpaired) electrons. The number of amides is 2. The van der Waals surface area contributed by atoms with Crippen LogP contribution in [-0.4, -0.2) is 21.8 Å². The van der Waals surface area contributed by atoms with E-state index in [4.69, 9.17) is 0 Å². The predicted molar refractivity (Wildman–Crippen MR) is 104 cm³/mol. The van der Waals surface area contributed by atoms with Crippen molar-refractivity contribution in [2.75, 3.05) is 5.32 Å². The number of carbonyl (C=O) groups is 2. The first-order valence-corrected chi connectivity index (χ1v) is 8.56. The van der Waals surface area contributed by atoms with Gasteiger partial charge in [0.05, 0.1) is 0 Å². The average molecular weight is 360 g/mol. The Morgan fingerprint density at radius 1 is 0.963 bits per heavy atom. The second-order valence-corrected chi connectivity index (χ2v) is 6.22. The van der Waals surface area contributed by atoms with Crippen LogP contribution in [-0.2, 0) is 6.54 Å². The van der Waals surface area contributed by atoms with Gasteiger partial charge in [-0.2, -0.15) is 0 Å². The van der Waals surface area contributed by atoms with Crippen LogP contribution in [0.4, 0.5) is 5.69 Å². The van der Waals surface area contributed by atoms with Crippen LogP contribution < -0.4 is 10.6 Å². The van der Waals surface area contributed by atoms with Crippen LogP contribution in [0.15, 0.2) is 60.9 Å². The smallest absolute Gasteiger partial charge is 0.274 e. The van der Waals surface area contributed by atoms with E-state index in [1.807, 2.05) is 38.1 Å². The van der Waals surface area contributed by atoms with Crippen LogP contribution in [0.5, 0.6) is 0 Å². The molecule has 0 atom stereocenters. The van der Waals surface area contributed by atoms with Crippen molar-refractivity contribution in [2.45, 2.75) is 20.4 Å². The number of nitrogens with one attached hydrogen (secondary N) is 2. The van der Waals surface area contributed by atoms with Crippen LogP contribution in [0.3, 0.4) is 0 Å². The summed E-state index contributed by atoms with van der Waals surface area (Å²) in [5, 5.41) is 5.62. The maximum absolute atomic E-state index is 12.5. The number of aromatic nitrogens is 2. The number of pyridine rings is 2. The summed E-state index contributed by atoms with van der Waals surface area (Å²) < 4.78 is 0. The topological polar surface area (TPSA) is 84.0 Å². The predicted octanol–water partition coefficient (Wildman–Crippen LogP) is 3.28. The van der Waals surface area contributed by atoms with E-state index in [2.05, 4.69) is 20.6 Å². The van der Waals surface area contributed by atoms with Crippen molar-refractivity contribution in [1.82, 2.24) is 15.3 Å². The van der Waals surface area contributed by atoms with E-state index >= 15 is 0 Å². The Morgan fingerprint density at radius 2 is 1.74 bits per heavy atom. The highest BCUT2D eigenvalue weighted by molar-refractivity contribution is 6.04. The van der Waals surface area contributed by atoms with Gasteiger partial charge in [-0.25, -0.2) is 4.98 Å². The third kappa shape index (κ3) is 4.76. The molecule has 2 heterocycles. The van der Waals surface area contributed by atoms with Gasteiger partial charge in [0.2, 0.25) is 0 Å². The first-order valence-electron chi connectivity index (χ1n) is 8.56. The maximum Gasteiger partial charge on any atom is 0.274 e. The lowest BCUT2D eigenvalue weighted by Gasteiger charge is -2.10. The van der Waals surface area contributed by atoms with Gasteiger partial charge in [0.15, 0.2) is 0 Å². The largest absolute Gasteiger partial charge is 0.347 e. The number of anilines is 1. The van der Waals surface area contributed by atoms with Gasteiger partial charge in [-0.3, -0.25) is 14.6 Å². The molecular weight excluding hydrogens is 340 g/mol. The molecule has 2 aromatic heterocycles. The van der Waals surface area contributed by atoms with Gasteiger partial charge in [0.25, 0.3) is 11.8 Å². The van der Waals surface area contributed by atoms with Gasteiger partial charge in [0.1, 0.15) is 11.4 Å². The number of hydrogen-bond acceptors (Lipinski definition) is 4. The maximum atomic E-state index is 12.5. The first kappa shape index (κ1) is 18.3. The molecule has 0 aliphatic rings. The van der Waals surface area contributed by atoms with Gasteiger partial charge < -0.3 is 10.6 Å². The lowest BCUT2D eigenvalue weighted by molar-refractivity contribution is 0.0945. The van der Waals surface area contributed by atoms with Crippen molar-refractivity contribution in [3.63, 3.8) is 0 Å². The Balaban J connectivity index is 1.69. The second kappa shape index (κ2) is 8.23. The second-order valence-electron chi connectivity index (χ2n) is 6.22. The first-order chi connectivity index (χ1) is 13.0. The summed E-state index contributed by atoms with van der Waals surface area (Å²) in [6, 6.07) is 14.3. The average Bonchev–Trinajstić information content (AvgIpc) is 2.69. The molecule has 0 aliphatic heterocycles. The van der Waals surface area contributed by atoms with E-state index in [1.165, 1.54) is 0 Å². The van der Waals surface area contributed by atoms with E-state index in [0.717, 1.165) is 22.4 Å². The van der Waals surface area contributed by atoms with E-state index in [0.29, 0.717) is 6.54 Å².